The van der Waals surface area contributed by atoms with Crippen molar-refractivity contribution in [3.63, 3.8) is 0 Å². The van der Waals surface area contributed by atoms with Crippen LogP contribution in [0.5, 0.6) is 5.75 Å². The molecule has 1 aromatic carbocycles. The first kappa shape index (κ1) is 17.3. The molecule has 2 amide bonds. The second kappa shape index (κ2) is 6.89. The Morgan fingerprint density at radius 2 is 2.23 bits per heavy atom. The number of nitrogens with one attached hydrogen (secondary N) is 1. The van der Waals surface area contributed by atoms with Crippen LogP contribution in [0.1, 0.15) is 30.9 Å². The van der Waals surface area contributed by atoms with Gasteiger partial charge in [-0.25, -0.2) is 4.98 Å². The molecule has 2 fully saturated rings. The van der Waals surface area contributed by atoms with Gasteiger partial charge < -0.3 is 15.0 Å². The minimum absolute atomic E-state index is 0.122. The van der Waals surface area contributed by atoms with Crippen LogP contribution in [0.15, 0.2) is 23.6 Å². The van der Waals surface area contributed by atoms with Crippen LogP contribution in [0.25, 0.3) is 0 Å². The first-order valence-electron chi connectivity index (χ1n) is 8.45. The molecule has 0 unspecified atom stereocenters. The number of anilines is 2. The molecular weight excluding hydrogens is 374 g/mol. The zero-order valence-electron chi connectivity index (χ0n) is 14.2. The van der Waals surface area contributed by atoms with Crippen LogP contribution in [-0.2, 0) is 9.59 Å². The minimum atomic E-state index is -0.431. The van der Waals surface area contributed by atoms with E-state index in [1.54, 1.807) is 23.1 Å². The Hall–Kier alpha value is -2.12. The zero-order valence-corrected chi connectivity index (χ0v) is 15.8. The van der Waals surface area contributed by atoms with Crippen LogP contribution < -0.4 is 15.0 Å². The van der Waals surface area contributed by atoms with Crippen molar-refractivity contribution in [3.8, 4) is 5.75 Å². The van der Waals surface area contributed by atoms with Gasteiger partial charge in [-0.1, -0.05) is 11.6 Å². The number of aromatic nitrogens is 1. The highest BCUT2D eigenvalue weighted by molar-refractivity contribution is 7.13. The van der Waals surface area contributed by atoms with E-state index in [1.807, 2.05) is 5.38 Å². The fraction of sp³-hybridized carbons (Fsp3) is 0.389. The summed E-state index contributed by atoms with van der Waals surface area (Å²) in [5, 5.41) is 5.96. The van der Waals surface area contributed by atoms with E-state index >= 15 is 0 Å². The van der Waals surface area contributed by atoms with Gasteiger partial charge in [-0.05, 0) is 31.0 Å². The second-order valence-electron chi connectivity index (χ2n) is 6.56. The van der Waals surface area contributed by atoms with Crippen LogP contribution >= 0.6 is 22.9 Å². The van der Waals surface area contributed by atoms with Gasteiger partial charge in [0.1, 0.15) is 5.75 Å². The number of thiazole rings is 1. The molecule has 1 saturated carbocycles. The van der Waals surface area contributed by atoms with Crippen molar-refractivity contribution in [1.82, 2.24) is 4.98 Å². The first-order valence-corrected chi connectivity index (χ1v) is 9.71. The average molecular weight is 392 g/mol. The van der Waals surface area contributed by atoms with Crippen LogP contribution in [0.4, 0.5) is 10.8 Å². The van der Waals surface area contributed by atoms with E-state index in [9.17, 15) is 9.59 Å². The molecule has 6 nitrogen and oxygen atoms in total. The smallest absolute Gasteiger partial charge is 0.231 e. The fourth-order valence-corrected chi connectivity index (χ4v) is 4.07. The van der Waals surface area contributed by atoms with Gasteiger partial charge in [0.2, 0.25) is 11.8 Å². The van der Waals surface area contributed by atoms with Crippen molar-refractivity contribution in [2.75, 3.05) is 23.9 Å². The monoisotopic (exact) mass is 391 g/mol. The summed E-state index contributed by atoms with van der Waals surface area (Å²) < 4.78 is 5.32. The van der Waals surface area contributed by atoms with Crippen molar-refractivity contribution in [2.24, 2.45) is 5.92 Å². The lowest BCUT2D eigenvalue weighted by molar-refractivity contribution is -0.122. The highest BCUT2D eigenvalue weighted by atomic mass is 35.5. The number of nitrogens with zero attached hydrogens (tertiary/aromatic N) is 2. The third-order valence-electron chi connectivity index (χ3n) is 4.68. The second-order valence-corrected chi connectivity index (χ2v) is 7.86. The van der Waals surface area contributed by atoms with E-state index < -0.39 is 5.92 Å². The summed E-state index contributed by atoms with van der Waals surface area (Å²) in [5.41, 5.74) is 1.64. The highest BCUT2D eigenvalue weighted by Crippen LogP contribution is 2.41. The van der Waals surface area contributed by atoms with Gasteiger partial charge in [0.15, 0.2) is 5.13 Å². The van der Waals surface area contributed by atoms with E-state index in [0.717, 1.165) is 5.69 Å². The summed E-state index contributed by atoms with van der Waals surface area (Å²) in [5.74, 6) is 0.370. The average Bonchev–Trinajstić information content (AvgIpc) is 3.25. The van der Waals surface area contributed by atoms with Crippen LogP contribution in [0.3, 0.4) is 0 Å². The Bertz CT molecular complexity index is 865. The summed E-state index contributed by atoms with van der Waals surface area (Å²) in [4.78, 5) is 31.1. The third-order valence-corrected chi connectivity index (χ3v) is 5.69. The number of carbonyl (C=O) groups is 2. The quantitative estimate of drug-likeness (QED) is 0.844. The summed E-state index contributed by atoms with van der Waals surface area (Å²) in [6.07, 6.45) is 2.50. The van der Waals surface area contributed by atoms with Crippen molar-refractivity contribution in [2.45, 2.75) is 25.2 Å². The lowest BCUT2D eigenvalue weighted by Crippen LogP contribution is -2.28. The Balaban J connectivity index is 1.46. The maximum atomic E-state index is 12.6. The lowest BCUT2D eigenvalue weighted by atomic mass is 10.1. The molecule has 1 aliphatic carbocycles. The van der Waals surface area contributed by atoms with E-state index in [0.29, 0.717) is 34.1 Å². The molecule has 136 valence electrons. The predicted molar refractivity (Wildman–Crippen MR) is 101 cm³/mol. The van der Waals surface area contributed by atoms with Crippen molar-refractivity contribution < 1.29 is 14.3 Å². The van der Waals surface area contributed by atoms with E-state index in [-0.39, 0.29) is 18.2 Å². The molecule has 1 aromatic heterocycles. The summed E-state index contributed by atoms with van der Waals surface area (Å²) in [7, 11) is 1.54. The van der Waals surface area contributed by atoms with E-state index in [1.165, 1.54) is 31.3 Å². The molecular formula is C18H18ClN3O3S. The van der Waals surface area contributed by atoms with Crippen LogP contribution in [0, 0.1) is 5.92 Å². The number of amides is 2. The maximum absolute atomic E-state index is 12.6. The normalized spacial score (nSPS) is 19.7. The van der Waals surface area contributed by atoms with Crippen LogP contribution in [0.2, 0.25) is 5.02 Å². The minimum Gasteiger partial charge on any atom is -0.495 e. The number of benzene rings is 1. The Labute approximate surface area is 160 Å². The van der Waals surface area contributed by atoms with Gasteiger partial charge in [0, 0.05) is 29.3 Å². The molecule has 2 aliphatic rings. The van der Waals surface area contributed by atoms with Gasteiger partial charge >= 0.3 is 0 Å². The SMILES string of the molecule is COc1ccc(Cl)cc1N1C[C@H](C(=O)Nc2nc(C3CC3)cs2)CC1=O. The molecule has 1 N–H and O–H groups in total. The highest BCUT2D eigenvalue weighted by Gasteiger charge is 2.37. The molecule has 2 aromatic rings. The number of ether oxygens (including phenoxy) is 1. The van der Waals surface area contributed by atoms with Gasteiger partial charge in [0.25, 0.3) is 0 Å². The standard InChI is InChI=1S/C18H18ClN3O3S/c1-25-15-5-4-12(19)7-14(15)22-8-11(6-16(22)23)17(24)21-18-20-13(9-26-18)10-2-3-10/h4-5,7,9-11H,2-3,6,8H2,1H3,(H,20,21,24)/t11-/m1/s1. The summed E-state index contributed by atoms with van der Waals surface area (Å²) in [6, 6.07) is 5.10. The summed E-state index contributed by atoms with van der Waals surface area (Å²) >= 11 is 7.49. The number of halogens is 1. The fourth-order valence-electron chi connectivity index (χ4n) is 3.11. The number of hydrogen-bond acceptors (Lipinski definition) is 5. The van der Waals surface area contributed by atoms with E-state index in [2.05, 4.69) is 10.3 Å². The number of rotatable bonds is 5. The lowest BCUT2D eigenvalue weighted by Gasteiger charge is -2.19. The zero-order chi connectivity index (χ0) is 18.3. The van der Waals surface area contributed by atoms with Crippen LogP contribution in [-0.4, -0.2) is 30.5 Å². The number of hydrogen-bond donors (Lipinski definition) is 1. The topological polar surface area (TPSA) is 71.5 Å². The molecule has 0 radical (unpaired) electrons. The number of carbonyl (C=O) groups excluding carboxylic acids is 2. The Kier molecular flexibility index (Phi) is 4.58. The molecule has 0 bridgehead atoms. The van der Waals surface area contributed by atoms with Gasteiger partial charge in [0.05, 0.1) is 24.4 Å². The van der Waals surface area contributed by atoms with Gasteiger partial charge in [-0.15, -0.1) is 11.3 Å². The van der Waals surface area contributed by atoms with Crippen molar-refractivity contribution in [3.05, 3.63) is 34.3 Å². The predicted octanol–water partition coefficient (Wildman–Crippen LogP) is 3.67. The molecule has 26 heavy (non-hydrogen) atoms. The molecule has 1 atom stereocenters. The molecule has 2 heterocycles. The van der Waals surface area contributed by atoms with Gasteiger partial charge in [-0.3, -0.25) is 9.59 Å². The molecule has 8 heteroatoms. The Morgan fingerprint density at radius 1 is 1.42 bits per heavy atom. The molecule has 1 aliphatic heterocycles. The molecule has 4 rings (SSSR count). The number of methoxy groups -OCH3 is 1. The molecule has 0 spiro atoms. The van der Waals surface area contributed by atoms with E-state index in [4.69, 9.17) is 16.3 Å². The third kappa shape index (κ3) is 3.41. The summed E-state index contributed by atoms with van der Waals surface area (Å²) in [6.45, 7) is 0.294. The van der Waals surface area contributed by atoms with Crippen molar-refractivity contribution >= 4 is 45.6 Å². The molecule has 1 saturated heterocycles. The van der Waals surface area contributed by atoms with Crippen molar-refractivity contribution in [1.29, 1.82) is 0 Å². The largest absolute Gasteiger partial charge is 0.495 e. The van der Waals surface area contributed by atoms with Gasteiger partial charge in [-0.2, -0.15) is 0 Å². The maximum Gasteiger partial charge on any atom is 0.231 e. The Morgan fingerprint density at radius 3 is 2.96 bits per heavy atom. The first-order chi connectivity index (χ1) is 12.5.